The number of halogens is 1. The van der Waals surface area contributed by atoms with E-state index in [-0.39, 0.29) is 11.7 Å². The third kappa shape index (κ3) is 4.21. The van der Waals surface area contributed by atoms with Crippen LogP contribution < -0.4 is 0 Å². The molecule has 2 aromatic heterocycles. The number of hydrogen-bond donors (Lipinski definition) is 0. The van der Waals surface area contributed by atoms with Gasteiger partial charge in [0.25, 0.3) is 5.91 Å². The van der Waals surface area contributed by atoms with E-state index in [4.69, 9.17) is 4.98 Å². The molecule has 148 valence electrons. The van der Waals surface area contributed by atoms with Gasteiger partial charge in [-0.3, -0.25) is 4.79 Å². The molecule has 0 saturated carbocycles. The second-order valence-corrected chi connectivity index (χ2v) is 7.57. The topological polar surface area (TPSA) is 51.0 Å². The van der Waals surface area contributed by atoms with Crippen molar-refractivity contribution < 1.29 is 9.18 Å². The van der Waals surface area contributed by atoms with E-state index in [2.05, 4.69) is 23.4 Å². The van der Waals surface area contributed by atoms with E-state index >= 15 is 0 Å². The lowest BCUT2D eigenvalue weighted by molar-refractivity contribution is 0.0736. The second kappa shape index (κ2) is 8.50. The molecule has 0 N–H and O–H groups in total. The van der Waals surface area contributed by atoms with Gasteiger partial charge in [0.15, 0.2) is 5.65 Å². The predicted molar refractivity (Wildman–Crippen MR) is 109 cm³/mol. The number of rotatable bonds is 7. The van der Waals surface area contributed by atoms with E-state index < -0.39 is 0 Å². The number of aryl methyl sites for hydroxylation is 1. The number of carbonyl (C=O) groups is 1. The van der Waals surface area contributed by atoms with Crippen LogP contribution in [0, 0.1) is 18.7 Å². The maximum atomic E-state index is 14.0. The molecule has 0 aliphatic carbocycles. The molecule has 0 aliphatic rings. The maximum Gasteiger partial charge on any atom is 0.254 e. The summed E-state index contributed by atoms with van der Waals surface area (Å²) in [6.07, 6.45) is 2.57. The number of imidazole rings is 1. The van der Waals surface area contributed by atoms with Crippen LogP contribution in [0.15, 0.2) is 36.5 Å². The van der Waals surface area contributed by atoms with Crippen LogP contribution in [-0.4, -0.2) is 31.9 Å². The lowest BCUT2D eigenvalue weighted by Crippen LogP contribution is -2.32. The summed E-state index contributed by atoms with van der Waals surface area (Å²) in [5, 5.41) is 0. The van der Waals surface area contributed by atoms with Gasteiger partial charge in [0.1, 0.15) is 17.2 Å². The second-order valence-electron chi connectivity index (χ2n) is 7.57. The monoisotopic (exact) mass is 382 g/mol. The molecule has 0 saturated heterocycles. The fraction of sp³-hybridized carbons (Fsp3) is 0.409. The summed E-state index contributed by atoms with van der Waals surface area (Å²) in [5.74, 6) is 0.673. The average Bonchev–Trinajstić information content (AvgIpc) is 3.00. The van der Waals surface area contributed by atoms with Gasteiger partial charge in [-0.05, 0) is 49.1 Å². The van der Waals surface area contributed by atoms with E-state index in [1.807, 2.05) is 19.1 Å². The number of aromatic nitrogens is 3. The number of benzene rings is 1. The Morgan fingerprint density at radius 2 is 2.07 bits per heavy atom. The van der Waals surface area contributed by atoms with Crippen LogP contribution in [0.25, 0.3) is 11.2 Å². The lowest BCUT2D eigenvalue weighted by atomic mass is 10.1. The number of amides is 1. The zero-order chi connectivity index (χ0) is 20.3. The predicted octanol–water partition coefficient (Wildman–Crippen LogP) is 4.59. The van der Waals surface area contributed by atoms with Gasteiger partial charge in [-0.25, -0.2) is 14.4 Å². The van der Waals surface area contributed by atoms with Crippen molar-refractivity contribution in [3.05, 3.63) is 59.3 Å². The van der Waals surface area contributed by atoms with Crippen molar-refractivity contribution in [3.8, 4) is 0 Å². The fourth-order valence-electron chi connectivity index (χ4n) is 3.28. The van der Waals surface area contributed by atoms with Crippen molar-refractivity contribution in [1.82, 2.24) is 19.4 Å². The summed E-state index contributed by atoms with van der Waals surface area (Å²) in [7, 11) is 0. The highest BCUT2D eigenvalue weighted by molar-refractivity contribution is 5.94. The van der Waals surface area contributed by atoms with Gasteiger partial charge < -0.3 is 9.47 Å². The van der Waals surface area contributed by atoms with Crippen LogP contribution in [0.1, 0.15) is 48.9 Å². The molecule has 0 radical (unpaired) electrons. The molecule has 0 aliphatic heterocycles. The normalized spacial score (nSPS) is 11.4. The summed E-state index contributed by atoms with van der Waals surface area (Å²) in [5.41, 5.74) is 2.55. The molecule has 2 heterocycles. The van der Waals surface area contributed by atoms with Crippen LogP contribution >= 0.6 is 0 Å². The van der Waals surface area contributed by atoms with Crippen LogP contribution in [0.3, 0.4) is 0 Å². The number of pyridine rings is 1. The molecule has 1 aromatic carbocycles. The molecule has 0 spiro atoms. The summed E-state index contributed by atoms with van der Waals surface area (Å²) in [6.45, 7) is 9.71. The van der Waals surface area contributed by atoms with Crippen molar-refractivity contribution in [2.75, 3.05) is 6.54 Å². The molecular weight excluding hydrogens is 355 g/mol. The highest BCUT2D eigenvalue weighted by Crippen LogP contribution is 2.19. The smallest absolute Gasteiger partial charge is 0.254 e. The van der Waals surface area contributed by atoms with Gasteiger partial charge in [0.05, 0.1) is 6.54 Å². The average molecular weight is 382 g/mol. The van der Waals surface area contributed by atoms with Crippen LogP contribution in [0.4, 0.5) is 4.39 Å². The quantitative estimate of drug-likeness (QED) is 0.601. The Balaban J connectivity index is 1.95. The lowest BCUT2D eigenvalue weighted by Gasteiger charge is -2.23. The van der Waals surface area contributed by atoms with E-state index in [0.29, 0.717) is 30.1 Å². The molecule has 0 atom stereocenters. The molecule has 0 fully saturated rings. The molecule has 0 bridgehead atoms. The van der Waals surface area contributed by atoms with Gasteiger partial charge in [0.2, 0.25) is 0 Å². The van der Waals surface area contributed by atoms with Gasteiger partial charge >= 0.3 is 0 Å². The van der Waals surface area contributed by atoms with Crippen molar-refractivity contribution in [1.29, 1.82) is 0 Å². The number of hydrogen-bond acceptors (Lipinski definition) is 3. The highest BCUT2D eigenvalue weighted by Gasteiger charge is 2.21. The van der Waals surface area contributed by atoms with Gasteiger partial charge in [0, 0.05) is 24.8 Å². The van der Waals surface area contributed by atoms with Gasteiger partial charge in [-0.15, -0.1) is 0 Å². The van der Waals surface area contributed by atoms with E-state index in [1.165, 1.54) is 6.07 Å². The molecular formula is C22H27FN4O. The molecule has 3 aromatic rings. The Labute approximate surface area is 165 Å². The molecule has 1 amide bonds. The van der Waals surface area contributed by atoms with Crippen molar-refractivity contribution in [2.24, 2.45) is 5.92 Å². The molecule has 28 heavy (non-hydrogen) atoms. The summed E-state index contributed by atoms with van der Waals surface area (Å²) in [6, 6.07) is 8.44. The molecule has 0 unspecified atom stereocenters. The Kier molecular flexibility index (Phi) is 6.07. The number of nitrogens with zero attached hydrogens (tertiary/aromatic N) is 4. The minimum Gasteiger partial charge on any atom is -0.331 e. The van der Waals surface area contributed by atoms with Crippen LogP contribution in [-0.2, 0) is 13.1 Å². The first-order chi connectivity index (χ1) is 13.4. The first-order valence-corrected chi connectivity index (χ1v) is 9.76. The summed E-state index contributed by atoms with van der Waals surface area (Å²) < 4.78 is 16.1. The number of carbonyl (C=O) groups excluding carboxylic acids is 1. The first-order valence-electron chi connectivity index (χ1n) is 9.76. The van der Waals surface area contributed by atoms with Crippen LogP contribution in [0.2, 0.25) is 0 Å². The SMILES string of the molecule is CCCN(Cc1nc2cccnc2n1CC(C)C)C(=O)c1ccc(C)c(F)c1. The van der Waals surface area contributed by atoms with Gasteiger partial charge in [-0.1, -0.05) is 26.8 Å². The summed E-state index contributed by atoms with van der Waals surface area (Å²) >= 11 is 0. The van der Waals surface area contributed by atoms with Crippen molar-refractivity contribution in [3.63, 3.8) is 0 Å². The largest absolute Gasteiger partial charge is 0.331 e. The van der Waals surface area contributed by atoms with Crippen molar-refractivity contribution in [2.45, 2.75) is 47.2 Å². The summed E-state index contributed by atoms with van der Waals surface area (Å²) in [4.78, 5) is 24.0. The number of fused-ring (bicyclic) bond motifs is 1. The molecule has 5 nitrogen and oxygen atoms in total. The Bertz CT molecular complexity index is 980. The highest BCUT2D eigenvalue weighted by atomic mass is 19.1. The zero-order valence-electron chi connectivity index (χ0n) is 16.9. The fourth-order valence-corrected chi connectivity index (χ4v) is 3.28. The van der Waals surface area contributed by atoms with E-state index in [9.17, 15) is 9.18 Å². The van der Waals surface area contributed by atoms with E-state index in [0.717, 1.165) is 30.0 Å². The molecule has 3 rings (SSSR count). The first kappa shape index (κ1) is 20.0. The standard InChI is InChI=1S/C22H27FN4O/c1-5-11-26(22(28)17-9-8-16(4)18(23)12-17)14-20-25-19-7-6-10-24-21(19)27(20)13-15(2)3/h6-10,12,15H,5,11,13-14H2,1-4H3. The Morgan fingerprint density at radius 3 is 2.75 bits per heavy atom. The van der Waals surface area contributed by atoms with Crippen molar-refractivity contribution >= 4 is 17.1 Å². The minimum absolute atomic E-state index is 0.183. The molecule has 6 heteroatoms. The van der Waals surface area contributed by atoms with E-state index in [1.54, 1.807) is 30.2 Å². The zero-order valence-corrected chi connectivity index (χ0v) is 16.9. The third-order valence-electron chi connectivity index (χ3n) is 4.66. The van der Waals surface area contributed by atoms with Gasteiger partial charge in [-0.2, -0.15) is 0 Å². The van der Waals surface area contributed by atoms with Crippen LogP contribution in [0.5, 0.6) is 0 Å². The minimum atomic E-state index is -0.362. The Morgan fingerprint density at radius 1 is 1.29 bits per heavy atom. The third-order valence-corrected chi connectivity index (χ3v) is 4.66. The Hall–Kier alpha value is -2.76. The maximum absolute atomic E-state index is 14.0.